The molecule has 1 atom stereocenters. The van der Waals surface area contributed by atoms with E-state index in [1.54, 1.807) is 0 Å². The first kappa shape index (κ1) is 11.0. The number of aliphatic hydroxyl groups excluding tert-OH is 1. The van der Waals surface area contributed by atoms with Crippen LogP contribution < -0.4 is 0 Å². The minimum Gasteiger partial charge on any atom is -0.393 e. The second-order valence-electron chi connectivity index (χ2n) is 3.21. The van der Waals surface area contributed by atoms with E-state index in [4.69, 9.17) is 5.11 Å². The van der Waals surface area contributed by atoms with Crippen LogP contribution in [-0.4, -0.2) is 11.2 Å². The van der Waals surface area contributed by atoms with E-state index in [9.17, 15) is 0 Å². The third-order valence-corrected chi connectivity index (χ3v) is 1.80. The van der Waals surface area contributed by atoms with E-state index in [1.165, 1.54) is 25.7 Å². The van der Waals surface area contributed by atoms with Crippen molar-refractivity contribution in [2.24, 2.45) is 0 Å². The van der Waals surface area contributed by atoms with Crippen LogP contribution >= 0.6 is 0 Å². The molecule has 0 aromatic rings. The zero-order valence-electron chi connectivity index (χ0n) is 7.84. The van der Waals surface area contributed by atoms with E-state index in [1.807, 2.05) is 6.92 Å². The van der Waals surface area contributed by atoms with Gasteiger partial charge in [-0.1, -0.05) is 32.6 Å². The lowest BCUT2D eigenvalue weighted by molar-refractivity contribution is 0.184. The van der Waals surface area contributed by atoms with Crippen molar-refractivity contribution in [3.05, 3.63) is 6.42 Å². The molecule has 0 bridgehead atoms. The molecule has 1 N–H and O–H groups in total. The van der Waals surface area contributed by atoms with Crippen LogP contribution in [-0.2, 0) is 0 Å². The maximum absolute atomic E-state index is 8.94. The van der Waals surface area contributed by atoms with Gasteiger partial charge >= 0.3 is 0 Å². The molecule has 0 aromatic heterocycles. The van der Waals surface area contributed by atoms with Crippen molar-refractivity contribution in [3.8, 4) is 0 Å². The first-order valence-corrected chi connectivity index (χ1v) is 4.77. The molecular formula is C10H21O. The maximum atomic E-state index is 8.94. The molecule has 0 aliphatic heterocycles. The summed E-state index contributed by atoms with van der Waals surface area (Å²) in [6.45, 7) is 4.07. The van der Waals surface area contributed by atoms with Gasteiger partial charge in [0.15, 0.2) is 0 Å². The Balaban J connectivity index is 2.80. The summed E-state index contributed by atoms with van der Waals surface area (Å²) in [6, 6.07) is 0. The van der Waals surface area contributed by atoms with E-state index in [0.29, 0.717) is 0 Å². The second kappa shape index (κ2) is 8.06. The van der Waals surface area contributed by atoms with Crippen LogP contribution in [0.2, 0.25) is 0 Å². The highest BCUT2D eigenvalue weighted by Crippen LogP contribution is 2.06. The summed E-state index contributed by atoms with van der Waals surface area (Å²) in [6.07, 6.45) is 9.33. The van der Waals surface area contributed by atoms with E-state index in [2.05, 4.69) is 13.3 Å². The number of hydrogen-bond donors (Lipinski definition) is 1. The molecule has 0 amide bonds. The molecule has 0 rings (SSSR count). The van der Waals surface area contributed by atoms with Crippen molar-refractivity contribution < 1.29 is 5.11 Å². The number of hydrogen-bond acceptors (Lipinski definition) is 1. The Morgan fingerprint density at radius 1 is 1.27 bits per heavy atom. The van der Waals surface area contributed by atoms with Crippen molar-refractivity contribution in [1.29, 1.82) is 0 Å². The predicted molar refractivity (Wildman–Crippen MR) is 49.4 cm³/mol. The molecule has 0 saturated carbocycles. The summed E-state index contributed by atoms with van der Waals surface area (Å²) in [5.74, 6) is 0. The summed E-state index contributed by atoms with van der Waals surface area (Å²) < 4.78 is 0. The quantitative estimate of drug-likeness (QED) is 0.563. The average Bonchev–Trinajstić information content (AvgIpc) is 1.96. The van der Waals surface area contributed by atoms with Gasteiger partial charge in [0, 0.05) is 0 Å². The smallest absolute Gasteiger partial charge is 0.0512 e. The molecule has 67 valence electrons. The number of unbranched alkanes of at least 4 members (excludes halogenated alkanes) is 5. The van der Waals surface area contributed by atoms with Gasteiger partial charge in [-0.15, -0.1) is 0 Å². The van der Waals surface area contributed by atoms with Crippen molar-refractivity contribution in [1.82, 2.24) is 0 Å². The highest BCUT2D eigenvalue weighted by molar-refractivity contribution is 4.65. The lowest BCUT2D eigenvalue weighted by Crippen LogP contribution is -1.98. The maximum Gasteiger partial charge on any atom is 0.0512 e. The molecular weight excluding hydrogens is 136 g/mol. The Hall–Kier alpha value is -0.0400. The monoisotopic (exact) mass is 157 g/mol. The van der Waals surface area contributed by atoms with E-state index in [0.717, 1.165) is 12.8 Å². The second-order valence-corrected chi connectivity index (χ2v) is 3.21. The predicted octanol–water partition coefficient (Wildman–Crippen LogP) is 2.93. The molecule has 0 saturated heterocycles. The fraction of sp³-hybridized carbons (Fsp3) is 0.900. The van der Waals surface area contributed by atoms with E-state index in [-0.39, 0.29) is 6.10 Å². The van der Waals surface area contributed by atoms with Crippen LogP contribution in [0.5, 0.6) is 0 Å². The summed E-state index contributed by atoms with van der Waals surface area (Å²) in [5.41, 5.74) is 0. The highest BCUT2D eigenvalue weighted by Gasteiger charge is 1.94. The van der Waals surface area contributed by atoms with Gasteiger partial charge in [0.2, 0.25) is 0 Å². The third kappa shape index (κ3) is 9.96. The van der Waals surface area contributed by atoms with Gasteiger partial charge in [0.25, 0.3) is 0 Å². The molecule has 0 aliphatic carbocycles. The van der Waals surface area contributed by atoms with Gasteiger partial charge in [-0.25, -0.2) is 0 Å². The molecule has 1 heteroatoms. The van der Waals surface area contributed by atoms with Crippen molar-refractivity contribution >= 4 is 0 Å². The topological polar surface area (TPSA) is 20.2 Å². The van der Waals surface area contributed by atoms with Crippen LogP contribution in [0.4, 0.5) is 0 Å². The van der Waals surface area contributed by atoms with Crippen LogP contribution in [0.1, 0.15) is 52.4 Å². The first-order valence-electron chi connectivity index (χ1n) is 4.77. The van der Waals surface area contributed by atoms with Gasteiger partial charge < -0.3 is 5.11 Å². The van der Waals surface area contributed by atoms with Crippen LogP contribution in [0, 0.1) is 6.42 Å². The van der Waals surface area contributed by atoms with E-state index < -0.39 is 0 Å². The minimum absolute atomic E-state index is 0.127. The Labute approximate surface area is 70.8 Å². The fourth-order valence-corrected chi connectivity index (χ4v) is 1.04. The molecule has 11 heavy (non-hydrogen) atoms. The Morgan fingerprint density at radius 2 is 2.00 bits per heavy atom. The van der Waals surface area contributed by atoms with Gasteiger partial charge in [0.05, 0.1) is 6.10 Å². The Morgan fingerprint density at radius 3 is 2.55 bits per heavy atom. The molecule has 1 nitrogen and oxygen atoms in total. The lowest BCUT2D eigenvalue weighted by atomic mass is 10.1. The molecule has 0 heterocycles. The summed E-state index contributed by atoms with van der Waals surface area (Å²) >= 11 is 0. The standard InChI is InChI=1S/C10H21O/c1-3-4-5-6-7-8-9-10(2)11/h7,10-11H,3-6,8-9H2,1-2H3. The van der Waals surface area contributed by atoms with Gasteiger partial charge in [-0.3, -0.25) is 0 Å². The fourth-order valence-electron chi connectivity index (χ4n) is 1.04. The molecule has 1 radical (unpaired) electrons. The van der Waals surface area contributed by atoms with Gasteiger partial charge in [-0.05, 0) is 26.2 Å². The SMILES string of the molecule is CCCCC[CH]CCC(C)O. The molecule has 0 spiro atoms. The van der Waals surface area contributed by atoms with Crippen LogP contribution in [0.25, 0.3) is 0 Å². The highest BCUT2D eigenvalue weighted by atomic mass is 16.3. The van der Waals surface area contributed by atoms with Crippen molar-refractivity contribution in [2.75, 3.05) is 0 Å². The zero-order valence-corrected chi connectivity index (χ0v) is 7.84. The van der Waals surface area contributed by atoms with Crippen molar-refractivity contribution in [2.45, 2.75) is 58.5 Å². The normalized spacial score (nSPS) is 13.4. The Bertz CT molecular complexity index is 69.3. The third-order valence-electron chi connectivity index (χ3n) is 1.80. The Kier molecular flexibility index (Phi) is 8.03. The molecule has 0 fully saturated rings. The van der Waals surface area contributed by atoms with Crippen LogP contribution in [0.15, 0.2) is 0 Å². The van der Waals surface area contributed by atoms with Crippen LogP contribution in [0.3, 0.4) is 0 Å². The van der Waals surface area contributed by atoms with Gasteiger partial charge in [-0.2, -0.15) is 0 Å². The summed E-state index contributed by atoms with van der Waals surface area (Å²) in [7, 11) is 0. The minimum atomic E-state index is -0.127. The number of aliphatic hydroxyl groups is 1. The van der Waals surface area contributed by atoms with Gasteiger partial charge in [0.1, 0.15) is 0 Å². The molecule has 0 aromatic carbocycles. The summed E-state index contributed by atoms with van der Waals surface area (Å²) in [4.78, 5) is 0. The largest absolute Gasteiger partial charge is 0.393 e. The first-order chi connectivity index (χ1) is 5.27. The number of rotatable bonds is 7. The molecule has 1 unspecified atom stereocenters. The molecule has 0 aliphatic rings. The summed E-state index contributed by atoms with van der Waals surface area (Å²) in [5, 5.41) is 8.94. The van der Waals surface area contributed by atoms with E-state index >= 15 is 0 Å². The average molecular weight is 157 g/mol. The van der Waals surface area contributed by atoms with Crippen molar-refractivity contribution in [3.63, 3.8) is 0 Å². The lowest BCUT2D eigenvalue weighted by Gasteiger charge is -2.02. The zero-order chi connectivity index (χ0) is 8.53.